The van der Waals surface area contributed by atoms with Crippen LogP contribution in [0.5, 0.6) is 0 Å². The Morgan fingerprint density at radius 1 is 1.43 bits per heavy atom. The molecule has 4 heteroatoms. The fraction of sp³-hybridized carbons (Fsp3) is 0.700. The van der Waals surface area contributed by atoms with Gasteiger partial charge in [-0.2, -0.15) is 0 Å². The molecule has 2 nitrogen and oxygen atoms in total. The minimum absolute atomic E-state index is 0.605. The molecule has 1 heterocycles. The zero-order valence-corrected chi connectivity index (χ0v) is 9.87. The van der Waals surface area contributed by atoms with Gasteiger partial charge in [0.1, 0.15) is 4.34 Å². The van der Waals surface area contributed by atoms with Crippen molar-refractivity contribution in [2.24, 2.45) is 5.92 Å². The summed E-state index contributed by atoms with van der Waals surface area (Å²) in [5.74, 6) is 0.896. The van der Waals surface area contributed by atoms with Crippen LogP contribution >= 0.6 is 22.9 Å². The molecule has 1 aromatic heterocycles. The Balaban J connectivity index is 1.86. The largest absolute Gasteiger partial charge is 0.359 e. The first-order valence-corrected chi connectivity index (χ1v) is 6.31. The molecule has 0 aliphatic heterocycles. The fourth-order valence-corrected chi connectivity index (χ4v) is 2.79. The molecule has 2 rings (SSSR count). The van der Waals surface area contributed by atoms with Gasteiger partial charge in [-0.05, 0) is 31.6 Å². The van der Waals surface area contributed by atoms with Gasteiger partial charge in [-0.25, -0.2) is 4.98 Å². The van der Waals surface area contributed by atoms with Gasteiger partial charge in [-0.15, -0.1) is 0 Å². The maximum absolute atomic E-state index is 5.82. The van der Waals surface area contributed by atoms with E-state index in [4.69, 9.17) is 11.6 Å². The van der Waals surface area contributed by atoms with Crippen LogP contribution in [0.3, 0.4) is 0 Å². The lowest BCUT2D eigenvalue weighted by molar-refractivity contribution is 0.361. The van der Waals surface area contributed by atoms with E-state index in [1.807, 2.05) is 0 Å². The zero-order valence-electron chi connectivity index (χ0n) is 8.29. The summed E-state index contributed by atoms with van der Waals surface area (Å²) in [5.41, 5.74) is 0. The van der Waals surface area contributed by atoms with E-state index in [1.54, 1.807) is 6.20 Å². The SMILES string of the molecule is CC1CCC(Nc2ncc(Cl)s2)CC1. The van der Waals surface area contributed by atoms with Gasteiger partial charge in [0.05, 0.1) is 6.20 Å². The van der Waals surface area contributed by atoms with Gasteiger partial charge in [-0.3, -0.25) is 0 Å². The molecule has 1 aliphatic carbocycles. The molecular weight excluding hydrogens is 216 g/mol. The highest BCUT2D eigenvalue weighted by Crippen LogP contribution is 2.28. The monoisotopic (exact) mass is 230 g/mol. The lowest BCUT2D eigenvalue weighted by Gasteiger charge is -2.26. The number of nitrogens with zero attached hydrogens (tertiary/aromatic N) is 1. The van der Waals surface area contributed by atoms with E-state index < -0.39 is 0 Å². The number of rotatable bonds is 2. The Hall–Kier alpha value is -0.280. The Morgan fingerprint density at radius 3 is 2.71 bits per heavy atom. The maximum atomic E-state index is 5.82. The van der Waals surface area contributed by atoms with Crippen molar-refractivity contribution in [3.05, 3.63) is 10.5 Å². The molecular formula is C10H15ClN2S. The van der Waals surface area contributed by atoms with Crippen LogP contribution in [0.15, 0.2) is 6.20 Å². The van der Waals surface area contributed by atoms with E-state index in [-0.39, 0.29) is 0 Å². The van der Waals surface area contributed by atoms with Crippen molar-refractivity contribution in [1.82, 2.24) is 4.98 Å². The van der Waals surface area contributed by atoms with E-state index in [9.17, 15) is 0 Å². The zero-order chi connectivity index (χ0) is 9.97. The molecule has 14 heavy (non-hydrogen) atoms. The molecule has 1 fully saturated rings. The summed E-state index contributed by atoms with van der Waals surface area (Å²) in [6.45, 7) is 2.33. The van der Waals surface area contributed by atoms with E-state index in [0.29, 0.717) is 6.04 Å². The number of hydrogen-bond acceptors (Lipinski definition) is 3. The summed E-state index contributed by atoms with van der Waals surface area (Å²) >= 11 is 7.34. The quantitative estimate of drug-likeness (QED) is 0.836. The number of aromatic nitrogens is 1. The Bertz CT molecular complexity index is 292. The minimum atomic E-state index is 0.605. The second-order valence-electron chi connectivity index (χ2n) is 4.07. The highest BCUT2D eigenvalue weighted by Gasteiger charge is 2.18. The van der Waals surface area contributed by atoms with Crippen LogP contribution in [0.2, 0.25) is 4.34 Å². The second-order valence-corrected chi connectivity index (χ2v) is 5.73. The van der Waals surface area contributed by atoms with Crippen molar-refractivity contribution in [2.75, 3.05) is 5.32 Å². The molecule has 0 aromatic carbocycles. The average Bonchev–Trinajstić information content (AvgIpc) is 2.56. The molecule has 0 amide bonds. The Labute approximate surface area is 93.7 Å². The van der Waals surface area contributed by atoms with Crippen LogP contribution < -0.4 is 5.32 Å². The van der Waals surface area contributed by atoms with Crippen molar-refractivity contribution < 1.29 is 0 Å². The van der Waals surface area contributed by atoms with Crippen molar-refractivity contribution in [1.29, 1.82) is 0 Å². The van der Waals surface area contributed by atoms with Gasteiger partial charge in [0.25, 0.3) is 0 Å². The number of halogens is 1. The molecule has 0 bridgehead atoms. The van der Waals surface area contributed by atoms with Gasteiger partial charge in [0.2, 0.25) is 0 Å². The van der Waals surface area contributed by atoms with Crippen LogP contribution in [0.4, 0.5) is 5.13 Å². The van der Waals surface area contributed by atoms with Gasteiger partial charge in [0, 0.05) is 6.04 Å². The first kappa shape index (κ1) is 10.2. The molecule has 1 aromatic rings. The smallest absolute Gasteiger partial charge is 0.184 e. The first-order chi connectivity index (χ1) is 6.74. The van der Waals surface area contributed by atoms with Crippen molar-refractivity contribution in [3.8, 4) is 0 Å². The van der Waals surface area contributed by atoms with Gasteiger partial charge < -0.3 is 5.32 Å². The summed E-state index contributed by atoms with van der Waals surface area (Å²) in [4.78, 5) is 4.20. The van der Waals surface area contributed by atoms with Gasteiger partial charge in [0.15, 0.2) is 5.13 Å². The van der Waals surface area contributed by atoms with E-state index >= 15 is 0 Å². The third-order valence-corrected chi connectivity index (χ3v) is 3.87. The highest BCUT2D eigenvalue weighted by molar-refractivity contribution is 7.19. The summed E-state index contributed by atoms with van der Waals surface area (Å²) in [6.07, 6.45) is 6.89. The third kappa shape index (κ3) is 2.61. The molecule has 0 radical (unpaired) electrons. The third-order valence-electron chi connectivity index (χ3n) is 2.82. The maximum Gasteiger partial charge on any atom is 0.184 e. The first-order valence-electron chi connectivity index (χ1n) is 5.12. The Morgan fingerprint density at radius 2 is 2.14 bits per heavy atom. The second kappa shape index (κ2) is 4.49. The average molecular weight is 231 g/mol. The summed E-state index contributed by atoms with van der Waals surface area (Å²) in [7, 11) is 0. The molecule has 0 spiro atoms. The molecule has 1 aliphatic rings. The Kier molecular flexibility index (Phi) is 3.29. The van der Waals surface area contributed by atoms with Crippen LogP contribution in [0.25, 0.3) is 0 Å². The molecule has 0 unspecified atom stereocenters. The lowest BCUT2D eigenvalue weighted by Crippen LogP contribution is -2.24. The molecule has 1 saturated carbocycles. The topological polar surface area (TPSA) is 24.9 Å². The van der Waals surface area contributed by atoms with Crippen molar-refractivity contribution in [3.63, 3.8) is 0 Å². The van der Waals surface area contributed by atoms with Gasteiger partial charge in [-0.1, -0.05) is 29.9 Å². The van der Waals surface area contributed by atoms with E-state index in [0.717, 1.165) is 15.4 Å². The van der Waals surface area contributed by atoms with Gasteiger partial charge >= 0.3 is 0 Å². The molecule has 0 saturated heterocycles. The molecule has 1 N–H and O–H groups in total. The van der Waals surface area contributed by atoms with Crippen LogP contribution in [-0.2, 0) is 0 Å². The highest BCUT2D eigenvalue weighted by atomic mass is 35.5. The predicted molar refractivity (Wildman–Crippen MR) is 62.2 cm³/mol. The normalized spacial score (nSPS) is 27.6. The molecule has 78 valence electrons. The molecule has 0 atom stereocenters. The van der Waals surface area contributed by atoms with Crippen molar-refractivity contribution >= 4 is 28.1 Å². The standard InChI is InChI=1S/C10H15ClN2S/c1-7-2-4-8(5-3-7)13-10-12-6-9(11)14-10/h6-8H,2-5H2,1H3,(H,12,13). The number of thiazole rings is 1. The number of hydrogen-bond donors (Lipinski definition) is 1. The number of nitrogens with one attached hydrogen (secondary N) is 1. The fourth-order valence-electron chi connectivity index (χ4n) is 1.90. The summed E-state index contributed by atoms with van der Waals surface area (Å²) < 4.78 is 0.761. The lowest BCUT2D eigenvalue weighted by atomic mass is 9.87. The minimum Gasteiger partial charge on any atom is -0.359 e. The predicted octanol–water partition coefficient (Wildman–Crippen LogP) is 3.79. The van der Waals surface area contributed by atoms with Crippen LogP contribution in [-0.4, -0.2) is 11.0 Å². The van der Waals surface area contributed by atoms with Crippen LogP contribution in [0.1, 0.15) is 32.6 Å². The van der Waals surface area contributed by atoms with E-state index in [1.165, 1.54) is 37.0 Å². The van der Waals surface area contributed by atoms with Crippen LogP contribution in [0, 0.1) is 5.92 Å². The summed E-state index contributed by atoms with van der Waals surface area (Å²) in [6, 6.07) is 0.605. The number of anilines is 1. The van der Waals surface area contributed by atoms with E-state index in [2.05, 4.69) is 17.2 Å². The summed E-state index contributed by atoms with van der Waals surface area (Å²) in [5, 5.41) is 4.41. The van der Waals surface area contributed by atoms with Crippen molar-refractivity contribution in [2.45, 2.75) is 38.6 Å².